The minimum Gasteiger partial charge on any atom is -0.393 e. The number of carbonyl (C=O) groups excluding carboxylic acids is 1. The predicted molar refractivity (Wildman–Crippen MR) is 115 cm³/mol. The summed E-state index contributed by atoms with van der Waals surface area (Å²) in [4.78, 5) is 18.2. The van der Waals surface area contributed by atoms with E-state index in [0.717, 1.165) is 60.6 Å². The number of rotatable bonds is 4. The molecule has 8 heteroatoms. The number of carbonyl (C=O) groups is 1. The van der Waals surface area contributed by atoms with E-state index in [-0.39, 0.29) is 17.8 Å². The van der Waals surface area contributed by atoms with Crippen LogP contribution in [0.15, 0.2) is 42.6 Å². The van der Waals surface area contributed by atoms with Gasteiger partial charge in [0.2, 0.25) is 5.91 Å². The molecule has 0 bridgehead atoms. The molecule has 0 radical (unpaired) electrons. The number of benzene rings is 1. The number of nitrogens with one attached hydrogen (secondary N) is 1. The van der Waals surface area contributed by atoms with Gasteiger partial charge in [-0.25, -0.2) is 9.37 Å². The van der Waals surface area contributed by atoms with Crippen LogP contribution < -0.4 is 5.32 Å². The van der Waals surface area contributed by atoms with Gasteiger partial charge >= 0.3 is 0 Å². The number of fused-ring (bicyclic) bond motifs is 1. The van der Waals surface area contributed by atoms with Gasteiger partial charge in [-0.1, -0.05) is 0 Å². The Bertz CT molecular complexity index is 1120. The Labute approximate surface area is 179 Å². The molecule has 3 aromatic rings. The van der Waals surface area contributed by atoms with E-state index in [1.54, 1.807) is 18.3 Å². The summed E-state index contributed by atoms with van der Waals surface area (Å²) in [7, 11) is 0. The number of aliphatic hydroxyl groups is 1. The summed E-state index contributed by atoms with van der Waals surface area (Å²) in [6, 6.07) is 10.5. The number of halogens is 1. The van der Waals surface area contributed by atoms with Gasteiger partial charge in [0.1, 0.15) is 17.3 Å². The van der Waals surface area contributed by atoms with Gasteiger partial charge in [-0.3, -0.25) is 14.4 Å². The summed E-state index contributed by atoms with van der Waals surface area (Å²) in [5.74, 6) is 0.000732. The topological polar surface area (TPSA) is 83.3 Å². The molecule has 1 fully saturated rings. The summed E-state index contributed by atoms with van der Waals surface area (Å²) in [6.45, 7) is 3.80. The van der Waals surface area contributed by atoms with Crippen molar-refractivity contribution in [3.05, 3.63) is 54.1 Å². The van der Waals surface area contributed by atoms with Crippen LogP contribution in [0.5, 0.6) is 0 Å². The zero-order valence-electron chi connectivity index (χ0n) is 17.3. The summed E-state index contributed by atoms with van der Waals surface area (Å²) >= 11 is 0. The highest BCUT2D eigenvalue weighted by Crippen LogP contribution is 2.38. The highest BCUT2D eigenvalue weighted by molar-refractivity contribution is 5.89. The molecule has 3 heterocycles. The number of anilines is 1. The Balaban J connectivity index is 1.60. The zero-order valence-corrected chi connectivity index (χ0v) is 17.3. The molecular weight excluding hydrogens is 397 g/mol. The number of nitrogens with zero attached hydrogens (tertiary/aromatic N) is 4. The molecule has 1 aromatic carbocycles. The lowest BCUT2D eigenvalue weighted by Gasteiger charge is -2.42. The average Bonchev–Trinajstić information content (AvgIpc) is 3.10. The van der Waals surface area contributed by atoms with Crippen molar-refractivity contribution in [1.29, 1.82) is 0 Å². The van der Waals surface area contributed by atoms with E-state index in [1.807, 2.05) is 16.8 Å². The molecule has 1 aliphatic heterocycles. The Morgan fingerprint density at radius 2 is 1.94 bits per heavy atom. The molecule has 1 saturated carbocycles. The quantitative estimate of drug-likeness (QED) is 0.677. The van der Waals surface area contributed by atoms with Gasteiger partial charge in [0, 0.05) is 43.4 Å². The van der Waals surface area contributed by atoms with Crippen LogP contribution in [0.1, 0.15) is 25.5 Å². The minimum absolute atomic E-state index is 0.185. The Hall–Kier alpha value is -3.10. The summed E-state index contributed by atoms with van der Waals surface area (Å²) < 4.78 is 15.6. The van der Waals surface area contributed by atoms with Crippen LogP contribution in [0, 0.1) is 5.82 Å². The number of pyridine rings is 1. The molecule has 31 heavy (non-hydrogen) atoms. The SMILES string of the molecule is CC(=O)Nc1cc(-c2c(-c3ccc(F)cc3)nn3c2CN(C2CC(O)C2)CC3)ccn1. The van der Waals surface area contributed by atoms with Gasteiger partial charge < -0.3 is 10.4 Å². The standard InChI is InChI=1S/C23H24FN5O2/c1-14(30)26-21-10-16(6-7-25-21)22-20-13-28(18-11-19(31)12-18)8-9-29(20)27-23(22)15-2-4-17(24)5-3-15/h2-7,10,18-19,31H,8-9,11-13H2,1H3,(H,25,26,30). The number of aliphatic hydroxyl groups excluding tert-OH is 1. The first-order chi connectivity index (χ1) is 15.0. The smallest absolute Gasteiger partial charge is 0.222 e. The van der Waals surface area contributed by atoms with Gasteiger partial charge in [-0.05, 0) is 54.8 Å². The first-order valence-corrected chi connectivity index (χ1v) is 10.5. The van der Waals surface area contributed by atoms with E-state index >= 15 is 0 Å². The van der Waals surface area contributed by atoms with Crippen LogP contribution in [0.25, 0.3) is 22.4 Å². The third kappa shape index (κ3) is 3.84. The van der Waals surface area contributed by atoms with Crippen molar-refractivity contribution in [2.24, 2.45) is 0 Å². The Morgan fingerprint density at radius 3 is 2.65 bits per heavy atom. The zero-order chi connectivity index (χ0) is 21.5. The molecule has 0 atom stereocenters. The van der Waals surface area contributed by atoms with Crippen molar-refractivity contribution in [3.8, 4) is 22.4 Å². The van der Waals surface area contributed by atoms with Gasteiger partial charge in [0.15, 0.2) is 0 Å². The third-order valence-electron chi connectivity index (χ3n) is 6.08. The van der Waals surface area contributed by atoms with Gasteiger partial charge in [-0.2, -0.15) is 5.10 Å². The summed E-state index contributed by atoms with van der Waals surface area (Å²) in [5, 5.41) is 17.4. The molecule has 2 aliphatic rings. The number of amides is 1. The molecule has 2 N–H and O–H groups in total. The van der Waals surface area contributed by atoms with E-state index in [1.165, 1.54) is 19.1 Å². The number of hydrogen-bond acceptors (Lipinski definition) is 5. The van der Waals surface area contributed by atoms with Crippen molar-refractivity contribution in [1.82, 2.24) is 19.7 Å². The summed E-state index contributed by atoms with van der Waals surface area (Å²) in [6.07, 6.45) is 3.07. The molecular formula is C23H24FN5O2. The van der Waals surface area contributed by atoms with E-state index < -0.39 is 0 Å². The van der Waals surface area contributed by atoms with E-state index in [4.69, 9.17) is 5.10 Å². The van der Waals surface area contributed by atoms with Crippen LogP contribution in [-0.2, 0) is 17.9 Å². The van der Waals surface area contributed by atoms with Gasteiger partial charge in [0.25, 0.3) is 0 Å². The fourth-order valence-electron chi connectivity index (χ4n) is 4.45. The van der Waals surface area contributed by atoms with Crippen molar-refractivity contribution < 1.29 is 14.3 Å². The second kappa shape index (κ2) is 7.86. The Morgan fingerprint density at radius 1 is 1.16 bits per heavy atom. The molecule has 0 unspecified atom stereocenters. The monoisotopic (exact) mass is 421 g/mol. The largest absolute Gasteiger partial charge is 0.393 e. The van der Waals surface area contributed by atoms with E-state index in [2.05, 4.69) is 15.2 Å². The second-order valence-electron chi connectivity index (χ2n) is 8.26. The number of hydrogen-bond donors (Lipinski definition) is 2. The van der Waals surface area contributed by atoms with E-state index in [9.17, 15) is 14.3 Å². The molecule has 0 saturated heterocycles. The normalized spacial score (nSPS) is 20.7. The van der Waals surface area contributed by atoms with Gasteiger partial charge in [0.05, 0.1) is 18.3 Å². The lowest BCUT2D eigenvalue weighted by molar-refractivity contribution is -0.114. The third-order valence-corrected chi connectivity index (χ3v) is 6.08. The lowest BCUT2D eigenvalue weighted by Crippen LogP contribution is -2.49. The predicted octanol–water partition coefficient (Wildman–Crippen LogP) is 3.05. The maximum Gasteiger partial charge on any atom is 0.222 e. The number of aromatic nitrogens is 3. The van der Waals surface area contributed by atoms with Crippen molar-refractivity contribution >= 4 is 11.7 Å². The van der Waals surface area contributed by atoms with E-state index in [0.29, 0.717) is 11.9 Å². The highest BCUT2D eigenvalue weighted by atomic mass is 19.1. The maximum atomic E-state index is 13.5. The molecule has 2 aromatic heterocycles. The molecule has 1 amide bonds. The highest BCUT2D eigenvalue weighted by Gasteiger charge is 2.35. The fraction of sp³-hybridized carbons (Fsp3) is 0.348. The molecule has 1 aliphatic carbocycles. The van der Waals surface area contributed by atoms with Crippen LogP contribution in [0.4, 0.5) is 10.2 Å². The second-order valence-corrected chi connectivity index (χ2v) is 8.26. The molecule has 5 rings (SSSR count). The summed E-state index contributed by atoms with van der Waals surface area (Å²) in [5.41, 5.74) is 4.55. The van der Waals surface area contributed by atoms with Crippen molar-refractivity contribution in [3.63, 3.8) is 0 Å². The van der Waals surface area contributed by atoms with Crippen LogP contribution >= 0.6 is 0 Å². The Kier molecular flexibility index (Phi) is 5.03. The lowest BCUT2D eigenvalue weighted by atomic mass is 9.87. The molecule has 160 valence electrons. The first kappa shape index (κ1) is 19.8. The average molecular weight is 421 g/mol. The fourth-order valence-corrected chi connectivity index (χ4v) is 4.45. The van der Waals surface area contributed by atoms with Gasteiger partial charge in [-0.15, -0.1) is 0 Å². The van der Waals surface area contributed by atoms with Crippen molar-refractivity contribution in [2.75, 3.05) is 11.9 Å². The van der Waals surface area contributed by atoms with Crippen LogP contribution in [0.2, 0.25) is 0 Å². The molecule has 0 spiro atoms. The van der Waals surface area contributed by atoms with Crippen LogP contribution in [-0.4, -0.2) is 49.4 Å². The molecule has 7 nitrogen and oxygen atoms in total. The minimum atomic E-state index is -0.291. The maximum absolute atomic E-state index is 13.5. The van der Waals surface area contributed by atoms with Crippen LogP contribution in [0.3, 0.4) is 0 Å². The van der Waals surface area contributed by atoms with Crippen molar-refractivity contribution in [2.45, 2.75) is 45.0 Å². The first-order valence-electron chi connectivity index (χ1n) is 10.5.